The highest BCUT2D eigenvalue weighted by atomic mass is 32.2. The molecule has 0 bridgehead atoms. The minimum absolute atomic E-state index is 0.0698. The van der Waals surface area contributed by atoms with Crippen LogP contribution in [0.5, 0.6) is 0 Å². The molecule has 1 N–H and O–H groups in total. The first-order valence-electron chi connectivity index (χ1n) is 9.02. The van der Waals surface area contributed by atoms with Crippen LogP contribution in [0.15, 0.2) is 52.3 Å². The molecular weight excluding hydrogens is 384 g/mol. The second-order valence-electron chi connectivity index (χ2n) is 6.51. The summed E-state index contributed by atoms with van der Waals surface area (Å²) in [5, 5.41) is 0. The average molecular weight is 409 g/mol. The van der Waals surface area contributed by atoms with Gasteiger partial charge < -0.3 is 0 Å². The summed E-state index contributed by atoms with van der Waals surface area (Å²) in [7, 11) is -7.44. The largest absolute Gasteiger partial charge is 0.280 e. The number of aryl methyl sites for hydroxylation is 2. The molecule has 0 saturated heterocycles. The highest BCUT2D eigenvalue weighted by molar-refractivity contribution is 7.92. The maximum Gasteiger partial charge on any atom is 0.261 e. The van der Waals surface area contributed by atoms with E-state index in [2.05, 4.69) is 4.72 Å². The first-order chi connectivity index (χ1) is 12.8. The molecule has 0 aromatic heterocycles. The number of benzene rings is 2. The van der Waals surface area contributed by atoms with Crippen molar-refractivity contribution in [2.75, 3.05) is 17.8 Å². The molecule has 0 atom stereocenters. The fourth-order valence-electron chi connectivity index (χ4n) is 3.36. The highest BCUT2D eigenvalue weighted by Crippen LogP contribution is 2.26. The molecule has 8 heteroatoms. The zero-order valence-corrected chi connectivity index (χ0v) is 17.1. The van der Waals surface area contributed by atoms with E-state index >= 15 is 0 Å². The lowest BCUT2D eigenvalue weighted by Crippen LogP contribution is -2.30. The highest BCUT2D eigenvalue weighted by Gasteiger charge is 2.23. The third-order valence-electron chi connectivity index (χ3n) is 4.81. The minimum atomic E-state index is -3.79. The van der Waals surface area contributed by atoms with Crippen LogP contribution >= 0.6 is 0 Å². The summed E-state index contributed by atoms with van der Waals surface area (Å²) >= 11 is 0. The molecule has 0 amide bonds. The number of sulfonamides is 2. The van der Waals surface area contributed by atoms with Gasteiger partial charge in [0.25, 0.3) is 10.0 Å². The Balaban J connectivity index is 1.90. The van der Waals surface area contributed by atoms with Crippen molar-refractivity contribution < 1.29 is 16.8 Å². The Hall–Kier alpha value is -1.90. The molecule has 0 aliphatic heterocycles. The van der Waals surface area contributed by atoms with E-state index in [4.69, 9.17) is 0 Å². The van der Waals surface area contributed by atoms with E-state index in [-0.39, 0.29) is 15.5 Å². The van der Waals surface area contributed by atoms with Crippen molar-refractivity contribution in [1.82, 2.24) is 4.31 Å². The summed E-state index contributed by atoms with van der Waals surface area (Å²) in [4.78, 5) is 0.264. The standard InChI is InChI=1S/C19H24N2O4S2/c1-3-21(4-2)27(24,25)19-10-6-9-17(14-19)20-26(22,23)18-12-11-15-7-5-8-16(15)13-18/h6,9-14,20H,3-5,7-8H2,1-2H3. The van der Waals surface area contributed by atoms with Crippen molar-refractivity contribution in [3.8, 4) is 0 Å². The summed E-state index contributed by atoms with van der Waals surface area (Å²) < 4.78 is 54.6. The van der Waals surface area contributed by atoms with Crippen molar-refractivity contribution in [2.45, 2.75) is 42.9 Å². The van der Waals surface area contributed by atoms with E-state index in [0.717, 1.165) is 24.8 Å². The van der Waals surface area contributed by atoms with Crippen molar-refractivity contribution in [1.29, 1.82) is 0 Å². The van der Waals surface area contributed by atoms with Crippen LogP contribution in [0.25, 0.3) is 0 Å². The van der Waals surface area contributed by atoms with Crippen LogP contribution < -0.4 is 4.72 Å². The van der Waals surface area contributed by atoms with Gasteiger partial charge in [-0.15, -0.1) is 0 Å². The molecule has 0 saturated carbocycles. The molecule has 146 valence electrons. The van der Waals surface area contributed by atoms with E-state index in [1.807, 2.05) is 6.07 Å². The van der Waals surface area contributed by atoms with E-state index in [1.165, 1.54) is 28.1 Å². The van der Waals surface area contributed by atoms with E-state index in [1.54, 1.807) is 32.0 Å². The number of hydrogen-bond donors (Lipinski definition) is 1. The number of nitrogens with zero attached hydrogens (tertiary/aromatic N) is 1. The molecule has 27 heavy (non-hydrogen) atoms. The second kappa shape index (κ2) is 7.61. The predicted octanol–water partition coefficient (Wildman–Crippen LogP) is 3.01. The number of fused-ring (bicyclic) bond motifs is 1. The predicted molar refractivity (Wildman–Crippen MR) is 106 cm³/mol. The molecule has 1 aliphatic carbocycles. The summed E-state index contributed by atoms with van der Waals surface area (Å²) in [6.07, 6.45) is 2.90. The van der Waals surface area contributed by atoms with Gasteiger partial charge >= 0.3 is 0 Å². The summed E-state index contributed by atoms with van der Waals surface area (Å²) in [6.45, 7) is 4.23. The normalized spacial score (nSPS) is 14.3. The summed E-state index contributed by atoms with van der Waals surface area (Å²) in [6, 6.07) is 11.1. The third-order valence-corrected chi connectivity index (χ3v) is 8.23. The molecule has 3 rings (SSSR count). The fraction of sp³-hybridized carbons (Fsp3) is 0.368. The Morgan fingerprint density at radius 1 is 0.889 bits per heavy atom. The monoisotopic (exact) mass is 408 g/mol. The molecule has 1 aliphatic rings. The molecule has 6 nitrogen and oxygen atoms in total. The molecule has 0 unspecified atom stereocenters. The van der Waals surface area contributed by atoms with Gasteiger partial charge in [-0.3, -0.25) is 4.72 Å². The van der Waals surface area contributed by atoms with Crippen molar-refractivity contribution in [2.24, 2.45) is 0 Å². The number of rotatable bonds is 7. The first kappa shape index (κ1) is 19.9. The number of anilines is 1. The SMILES string of the molecule is CCN(CC)S(=O)(=O)c1cccc(NS(=O)(=O)c2ccc3c(c2)CCC3)c1. The van der Waals surface area contributed by atoms with Gasteiger partial charge in [-0.05, 0) is 60.7 Å². The van der Waals surface area contributed by atoms with Gasteiger partial charge in [0.1, 0.15) is 0 Å². The number of hydrogen-bond acceptors (Lipinski definition) is 4. The molecular formula is C19H24N2O4S2. The third kappa shape index (κ3) is 4.02. The van der Waals surface area contributed by atoms with Crippen LogP contribution in [-0.2, 0) is 32.9 Å². The molecule has 0 radical (unpaired) electrons. The van der Waals surface area contributed by atoms with E-state index < -0.39 is 20.0 Å². The van der Waals surface area contributed by atoms with Crippen molar-refractivity contribution in [3.63, 3.8) is 0 Å². The minimum Gasteiger partial charge on any atom is -0.280 e. The second-order valence-corrected chi connectivity index (χ2v) is 10.1. The van der Waals surface area contributed by atoms with Crippen LogP contribution in [0.4, 0.5) is 5.69 Å². The van der Waals surface area contributed by atoms with Gasteiger partial charge in [0.05, 0.1) is 15.5 Å². The molecule has 2 aromatic carbocycles. The number of nitrogens with one attached hydrogen (secondary N) is 1. The van der Waals surface area contributed by atoms with Crippen LogP contribution in [-0.4, -0.2) is 34.2 Å². The maximum atomic E-state index is 12.7. The molecule has 2 aromatic rings. The van der Waals surface area contributed by atoms with Crippen LogP contribution in [0.3, 0.4) is 0 Å². The van der Waals surface area contributed by atoms with E-state index in [0.29, 0.717) is 13.1 Å². The van der Waals surface area contributed by atoms with Crippen molar-refractivity contribution >= 4 is 25.7 Å². The Morgan fingerprint density at radius 2 is 1.59 bits per heavy atom. The lowest BCUT2D eigenvalue weighted by Gasteiger charge is -2.19. The Morgan fingerprint density at radius 3 is 2.30 bits per heavy atom. The van der Waals surface area contributed by atoms with Crippen molar-refractivity contribution in [3.05, 3.63) is 53.6 Å². The average Bonchev–Trinajstić information content (AvgIpc) is 3.10. The quantitative estimate of drug-likeness (QED) is 0.763. The Kier molecular flexibility index (Phi) is 5.60. The zero-order chi connectivity index (χ0) is 19.7. The Labute approximate surface area is 161 Å². The molecule has 0 heterocycles. The van der Waals surface area contributed by atoms with E-state index in [9.17, 15) is 16.8 Å². The molecule has 0 spiro atoms. The van der Waals surface area contributed by atoms with Crippen LogP contribution in [0.2, 0.25) is 0 Å². The van der Waals surface area contributed by atoms with Crippen LogP contribution in [0, 0.1) is 0 Å². The smallest absolute Gasteiger partial charge is 0.261 e. The topological polar surface area (TPSA) is 83.6 Å². The summed E-state index contributed by atoms with van der Waals surface area (Å²) in [5.74, 6) is 0. The van der Waals surface area contributed by atoms with Gasteiger partial charge in [0, 0.05) is 13.1 Å². The maximum absolute atomic E-state index is 12.7. The Bertz CT molecular complexity index is 1040. The van der Waals surface area contributed by atoms with Gasteiger partial charge in [-0.1, -0.05) is 26.0 Å². The lowest BCUT2D eigenvalue weighted by atomic mass is 10.1. The van der Waals surface area contributed by atoms with Gasteiger partial charge in [0.2, 0.25) is 10.0 Å². The zero-order valence-electron chi connectivity index (χ0n) is 15.5. The lowest BCUT2D eigenvalue weighted by molar-refractivity contribution is 0.445. The van der Waals surface area contributed by atoms with Gasteiger partial charge in [-0.2, -0.15) is 4.31 Å². The first-order valence-corrected chi connectivity index (χ1v) is 11.9. The summed E-state index contributed by atoms with van der Waals surface area (Å²) in [5.41, 5.74) is 2.49. The fourth-order valence-corrected chi connectivity index (χ4v) is 5.97. The van der Waals surface area contributed by atoms with Crippen LogP contribution in [0.1, 0.15) is 31.4 Å². The molecule has 0 fully saturated rings. The van der Waals surface area contributed by atoms with Gasteiger partial charge in [0.15, 0.2) is 0 Å². The van der Waals surface area contributed by atoms with Gasteiger partial charge in [-0.25, -0.2) is 16.8 Å².